The van der Waals surface area contributed by atoms with Crippen LogP contribution in [0.3, 0.4) is 0 Å². The molecule has 0 aliphatic heterocycles. The van der Waals surface area contributed by atoms with Crippen LogP contribution in [0, 0.1) is 13.8 Å². The fraction of sp³-hybridized carbons (Fsp3) is 0.300. The van der Waals surface area contributed by atoms with E-state index in [0.29, 0.717) is 0 Å². The summed E-state index contributed by atoms with van der Waals surface area (Å²) in [5, 5.41) is 4.40. The standard InChI is InChI=1S/C10H12BrN3S/c1-6-10(12)7(2)14(13-6)5-8-3-4-9(11)15-8/h3-4H,5,12H2,1-2H3. The predicted octanol–water partition coefficient (Wildman–Crippen LogP) is 2.95. The molecule has 0 atom stereocenters. The normalized spacial score (nSPS) is 10.9. The van der Waals surface area contributed by atoms with Crippen molar-refractivity contribution in [2.45, 2.75) is 20.4 Å². The molecule has 3 nitrogen and oxygen atoms in total. The number of rotatable bonds is 2. The summed E-state index contributed by atoms with van der Waals surface area (Å²) in [6.07, 6.45) is 0. The Bertz CT molecular complexity index is 487. The highest BCUT2D eigenvalue weighted by molar-refractivity contribution is 9.11. The largest absolute Gasteiger partial charge is 0.396 e. The molecule has 2 rings (SSSR count). The van der Waals surface area contributed by atoms with Crippen molar-refractivity contribution in [3.05, 3.63) is 32.2 Å². The highest BCUT2D eigenvalue weighted by Crippen LogP contribution is 2.24. The first-order valence-corrected chi connectivity index (χ1v) is 6.22. The molecule has 5 heteroatoms. The molecular weight excluding hydrogens is 274 g/mol. The van der Waals surface area contributed by atoms with E-state index in [2.05, 4.69) is 33.2 Å². The molecule has 2 aromatic rings. The average molecular weight is 286 g/mol. The van der Waals surface area contributed by atoms with Crippen molar-refractivity contribution < 1.29 is 0 Å². The maximum Gasteiger partial charge on any atom is 0.0826 e. The average Bonchev–Trinajstić information content (AvgIpc) is 2.68. The zero-order chi connectivity index (χ0) is 11.0. The van der Waals surface area contributed by atoms with Crippen LogP contribution >= 0.6 is 27.3 Å². The first-order valence-electron chi connectivity index (χ1n) is 4.61. The van der Waals surface area contributed by atoms with Crippen molar-refractivity contribution in [2.24, 2.45) is 0 Å². The van der Waals surface area contributed by atoms with Crippen LogP contribution in [0.1, 0.15) is 16.3 Å². The quantitative estimate of drug-likeness (QED) is 0.922. The third kappa shape index (κ3) is 2.08. The molecule has 2 aromatic heterocycles. The van der Waals surface area contributed by atoms with Gasteiger partial charge in [-0.05, 0) is 41.9 Å². The van der Waals surface area contributed by atoms with E-state index in [1.54, 1.807) is 11.3 Å². The number of aromatic nitrogens is 2. The van der Waals surface area contributed by atoms with E-state index in [9.17, 15) is 0 Å². The summed E-state index contributed by atoms with van der Waals surface area (Å²) in [7, 11) is 0. The smallest absolute Gasteiger partial charge is 0.0826 e. The lowest BCUT2D eigenvalue weighted by molar-refractivity contribution is 0.666. The van der Waals surface area contributed by atoms with Crippen molar-refractivity contribution in [2.75, 3.05) is 5.73 Å². The minimum atomic E-state index is 0.792. The van der Waals surface area contributed by atoms with E-state index in [4.69, 9.17) is 5.73 Å². The molecule has 15 heavy (non-hydrogen) atoms. The summed E-state index contributed by atoms with van der Waals surface area (Å²) in [6, 6.07) is 4.15. The van der Waals surface area contributed by atoms with Crippen LogP contribution in [-0.2, 0) is 6.54 Å². The molecule has 2 N–H and O–H groups in total. The molecule has 0 amide bonds. The van der Waals surface area contributed by atoms with E-state index in [-0.39, 0.29) is 0 Å². The number of nitrogens with zero attached hydrogens (tertiary/aromatic N) is 2. The Morgan fingerprint density at radius 3 is 2.67 bits per heavy atom. The maximum atomic E-state index is 5.87. The first kappa shape index (κ1) is 10.7. The van der Waals surface area contributed by atoms with Gasteiger partial charge < -0.3 is 5.73 Å². The number of nitrogens with two attached hydrogens (primary N) is 1. The van der Waals surface area contributed by atoms with Crippen molar-refractivity contribution in [3.63, 3.8) is 0 Å². The van der Waals surface area contributed by atoms with Gasteiger partial charge in [0.05, 0.1) is 27.4 Å². The van der Waals surface area contributed by atoms with E-state index in [0.717, 1.165) is 27.4 Å². The lowest BCUT2D eigenvalue weighted by Crippen LogP contribution is -2.02. The number of thiophene rings is 1. The Labute approximate surface area is 101 Å². The second kappa shape index (κ2) is 3.98. The highest BCUT2D eigenvalue weighted by Gasteiger charge is 2.08. The summed E-state index contributed by atoms with van der Waals surface area (Å²) in [5.41, 5.74) is 8.61. The minimum absolute atomic E-state index is 0.792. The zero-order valence-electron chi connectivity index (χ0n) is 8.62. The van der Waals surface area contributed by atoms with Crippen molar-refractivity contribution in [1.82, 2.24) is 9.78 Å². The predicted molar refractivity (Wildman–Crippen MR) is 67.2 cm³/mol. The monoisotopic (exact) mass is 285 g/mol. The number of halogens is 1. The summed E-state index contributed by atoms with van der Waals surface area (Å²) in [5.74, 6) is 0. The Morgan fingerprint density at radius 1 is 1.47 bits per heavy atom. The van der Waals surface area contributed by atoms with E-state index in [1.165, 1.54) is 4.88 Å². The number of aryl methyl sites for hydroxylation is 1. The van der Waals surface area contributed by atoms with Crippen LogP contribution in [0.25, 0.3) is 0 Å². The summed E-state index contributed by atoms with van der Waals surface area (Å²) in [4.78, 5) is 1.27. The first-order chi connectivity index (χ1) is 7.08. The van der Waals surface area contributed by atoms with Crippen LogP contribution in [0.15, 0.2) is 15.9 Å². The molecule has 0 saturated carbocycles. The molecular formula is C10H12BrN3S. The van der Waals surface area contributed by atoms with Gasteiger partial charge in [0.1, 0.15) is 0 Å². The molecule has 2 heterocycles. The second-order valence-electron chi connectivity index (χ2n) is 3.45. The van der Waals surface area contributed by atoms with Crippen LogP contribution in [0.2, 0.25) is 0 Å². The third-order valence-electron chi connectivity index (χ3n) is 2.37. The number of nitrogen functional groups attached to an aromatic ring is 1. The third-order valence-corrected chi connectivity index (χ3v) is 3.98. The number of hydrogen-bond donors (Lipinski definition) is 1. The molecule has 0 aliphatic rings. The van der Waals surface area contributed by atoms with Gasteiger partial charge in [0.15, 0.2) is 0 Å². The summed E-state index contributed by atoms with van der Waals surface area (Å²) < 4.78 is 3.09. The summed E-state index contributed by atoms with van der Waals surface area (Å²) in [6.45, 7) is 4.72. The molecule has 0 saturated heterocycles. The fourth-order valence-corrected chi connectivity index (χ4v) is 2.91. The van der Waals surface area contributed by atoms with Gasteiger partial charge in [0.25, 0.3) is 0 Å². The molecule has 0 aliphatic carbocycles. The number of anilines is 1. The van der Waals surface area contributed by atoms with Crippen LogP contribution in [0.4, 0.5) is 5.69 Å². The van der Waals surface area contributed by atoms with Crippen LogP contribution < -0.4 is 5.73 Å². The Hall–Kier alpha value is -0.810. The van der Waals surface area contributed by atoms with Crippen molar-refractivity contribution in [1.29, 1.82) is 0 Å². The second-order valence-corrected chi connectivity index (χ2v) is 6.00. The topological polar surface area (TPSA) is 43.8 Å². The molecule has 0 spiro atoms. The van der Waals surface area contributed by atoms with Gasteiger partial charge in [0, 0.05) is 4.88 Å². The Balaban J connectivity index is 2.28. The van der Waals surface area contributed by atoms with Gasteiger partial charge in [-0.25, -0.2) is 0 Å². The van der Waals surface area contributed by atoms with Crippen molar-refractivity contribution >= 4 is 33.0 Å². The maximum absolute atomic E-state index is 5.87. The van der Waals surface area contributed by atoms with Gasteiger partial charge in [0.2, 0.25) is 0 Å². The molecule has 0 bridgehead atoms. The fourth-order valence-electron chi connectivity index (χ4n) is 1.45. The summed E-state index contributed by atoms with van der Waals surface area (Å²) >= 11 is 5.17. The van der Waals surface area contributed by atoms with Crippen molar-refractivity contribution in [3.8, 4) is 0 Å². The van der Waals surface area contributed by atoms with E-state index < -0.39 is 0 Å². The Morgan fingerprint density at radius 2 is 2.20 bits per heavy atom. The molecule has 0 radical (unpaired) electrons. The molecule has 0 aromatic carbocycles. The molecule has 0 fully saturated rings. The number of hydrogen-bond acceptors (Lipinski definition) is 3. The van der Waals surface area contributed by atoms with Gasteiger partial charge in [-0.1, -0.05) is 0 Å². The van der Waals surface area contributed by atoms with Gasteiger partial charge in [-0.3, -0.25) is 4.68 Å². The highest BCUT2D eigenvalue weighted by atomic mass is 79.9. The minimum Gasteiger partial charge on any atom is -0.396 e. The van der Waals surface area contributed by atoms with Gasteiger partial charge >= 0.3 is 0 Å². The molecule has 0 unspecified atom stereocenters. The lowest BCUT2D eigenvalue weighted by atomic mass is 10.3. The van der Waals surface area contributed by atoms with Crippen LogP contribution in [-0.4, -0.2) is 9.78 Å². The zero-order valence-corrected chi connectivity index (χ0v) is 11.0. The lowest BCUT2D eigenvalue weighted by Gasteiger charge is -2.01. The molecule has 80 valence electrons. The van der Waals surface area contributed by atoms with E-state index >= 15 is 0 Å². The van der Waals surface area contributed by atoms with Crippen LogP contribution in [0.5, 0.6) is 0 Å². The van der Waals surface area contributed by atoms with E-state index in [1.807, 2.05) is 18.5 Å². The Kier molecular flexibility index (Phi) is 2.84. The van der Waals surface area contributed by atoms with Gasteiger partial charge in [-0.15, -0.1) is 11.3 Å². The SMILES string of the molecule is Cc1nn(Cc2ccc(Br)s2)c(C)c1N. The van der Waals surface area contributed by atoms with Gasteiger partial charge in [-0.2, -0.15) is 5.10 Å².